The molecule has 3 aromatic rings. The molecule has 0 bridgehead atoms. The van der Waals surface area contributed by atoms with Gasteiger partial charge in [-0.25, -0.2) is 9.37 Å². The number of amides is 2. The number of halogens is 1. The van der Waals surface area contributed by atoms with Crippen molar-refractivity contribution in [2.75, 3.05) is 11.9 Å². The van der Waals surface area contributed by atoms with Crippen LogP contribution in [0.5, 0.6) is 0 Å². The fraction of sp³-hybridized carbons (Fsp3) is 0.208. The first kappa shape index (κ1) is 21.2. The molecule has 0 aliphatic carbocycles. The van der Waals surface area contributed by atoms with Gasteiger partial charge < -0.3 is 10.6 Å². The van der Waals surface area contributed by atoms with Gasteiger partial charge in [-0.1, -0.05) is 32.0 Å². The van der Waals surface area contributed by atoms with Gasteiger partial charge in [0.1, 0.15) is 11.6 Å². The minimum Gasteiger partial charge on any atom is -0.352 e. The van der Waals surface area contributed by atoms with Crippen molar-refractivity contribution >= 4 is 17.6 Å². The second-order valence-electron chi connectivity index (χ2n) is 7.39. The van der Waals surface area contributed by atoms with Crippen molar-refractivity contribution < 1.29 is 14.0 Å². The third-order valence-electron chi connectivity index (χ3n) is 4.59. The monoisotopic (exact) mass is 405 g/mol. The fourth-order valence-corrected chi connectivity index (χ4v) is 2.87. The Bertz CT molecular complexity index is 1020. The maximum absolute atomic E-state index is 14.4. The Morgan fingerprint density at radius 3 is 2.40 bits per heavy atom. The molecule has 1 heterocycles. The smallest absolute Gasteiger partial charge is 0.256 e. The van der Waals surface area contributed by atoms with Crippen molar-refractivity contribution in [3.63, 3.8) is 0 Å². The number of nitrogens with one attached hydrogen (secondary N) is 2. The lowest BCUT2D eigenvalue weighted by molar-refractivity contribution is 0.0951. The minimum absolute atomic E-state index is 0.239. The number of rotatable bonds is 7. The molecule has 30 heavy (non-hydrogen) atoms. The number of anilines is 1. The summed E-state index contributed by atoms with van der Waals surface area (Å²) in [5.41, 5.74) is 1.70. The number of hydrogen-bond acceptors (Lipinski definition) is 3. The largest absolute Gasteiger partial charge is 0.352 e. The predicted octanol–water partition coefficient (Wildman–Crippen LogP) is 4.92. The summed E-state index contributed by atoms with van der Waals surface area (Å²) in [5.74, 6) is -0.119. The van der Waals surface area contributed by atoms with Crippen LogP contribution < -0.4 is 10.6 Å². The third kappa shape index (κ3) is 5.50. The third-order valence-corrected chi connectivity index (χ3v) is 4.59. The van der Waals surface area contributed by atoms with E-state index in [4.69, 9.17) is 0 Å². The van der Waals surface area contributed by atoms with Crippen molar-refractivity contribution in [3.05, 3.63) is 83.8 Å². The molecule has 154 valence electrons. The molecule has 0 fully saturated rings. The highest BCUT2D eigenvalue weighted by atomic mass is 19.1. The van der Waals surface area contributed by atoms with Gasteiger partial charge in [0.05, 0.1) is 0 Å². The Morgan fingerprint density at radius 2 is 1.73 bits per heavy atom. The summed E-state index contributed by atoms with van der Waals surface area (Å²) in [6, 6.07) is 16.3. The van der Waals surface area contributed by atoms with E-state index in [0.717, 1.165) is 6.42 Å². The Morgan fingerprint density at radius 1 is 0.967 bits per heavy atom. The number of carbonyl (C=O) groups is 2. The molecule has 0 aliphatic heterocycles. The molecule has 3 rings (SSSR count). The summed E-state index contributed by atoms with van der Waals surface area (Å²) in [6.07, 6.45) is 2.35. The van der Waals surface area contributed by atoms with Crippen LogP contribution in [0.1, 0.15) is 41.0 Å². The number of pyridine rings is 1. The van der Waals surface area contributed by atoms with Crippen molar-refractivity contribution in [1.82, 2.24) is 10.3 Å². The molecule has 0 atom stereocenters. The van der Waals surface area contributed by atoms with Gasteiger partial charge in [0.2, 0.25) is 0 Å². The van der Waals surface area contributed by atoms with Gasteiger partial charge in [-0.05, 0) is 54.8 Å². The Balaban J connectivity index is 1.72. The van der Waals surface area contributed by atoms with Crippen molar-refractivity contribution in [2.45, 2.75) is 20.3 Å². The number of aromatic nitrogens is 1. The molecule has 2 aromatic carbocycles. The van der Waals surface area contributed by atoms with E-state index < -0.39 is 5.82 Å². The van der Waals surface area contributed by atoms with Crippen LogP contribution in [-0.2, 0) is 0 Å². The molecule has 2 amide bonds. The topological polar surface area (TPSA) is 71.1 Å². The highest BCUT2D eigenvalue weighted by Gasteiger charge is 2.12. The van der Waals surface area contributed by atoms with E-state index in [-0.39, 0.29) is 17.4 Å². The van der Waals surface area contributed by atoms with Gasteiger partial charge in [0, 0.05) is 35.0 Å². The van der Waals surface area contributed by atoms with Crippen LogP contribution in [0.25, 0.3) is 11.1 Å². The van der Waals surface area contributed by atoms with Gasteiger partial charge in [-0.15, -0.1) is 0 Å². The van der Waals surface area contributed by atoms with Crippen LogP contribution in [-0.4, -0.2) is 23.3 Å². The first-order valence-electron chi connectivity index (χ1n) is 9.84. The van der Waals surface area contributed by atoms with Crippen LogP contribution in [0.3, 0.4) is 0 Å². The molecular weight excluding hydrogens is 381 g/mol. The predicted molar refractivity (Wildman–Crippen MR) is 116 cm³/mol. The maximum Gasteiger partial charge on any atom is 0.256 e. The normalized spacial score (nSPS) is 10.7. The van der Waals surface area contributed by atoms with E-state index >= 15 is 0 Å². The van der Waals surface area contributed by atoms with E-state index in [1.54, 1.807) is 36.4 Å². The van der Waals surface area contributed by atoms with Crippen LogP contribution in [0.2, 0.25) is 0 Å². The van der Waals surface area contributed by atoms with E-state index in [0.29, 0.717) is 35.0 Å². The maximum atomic E-state index is 14.4. The second-order valence-corrected chi connectivity index (χ2v) is 7.39. The lowest BCUT2D eigenvalue weighted by Gasteiger charge is -2.10. The zero-order valence-electron chi connectivity index (χ0n) is 17.0. The summed E-state index contributed by atoms with van der Waals surface area (Å²) in [6.45, 7) is 4.74. The standard InChI is InChI=1S/C24H24FN3O2/c1-16(2)12-13-26-23(29)18-8-10-21(25)20(14-18)19-9-11-22(27-15-19)28-24(30)17-6-4-3-5-7-17/h3-11,14-16H,12-13H2,1-2H3,(H,26,29)(H,27,28,30). The van der Waals surface area contributed by atoms with Crippen molar-refractivity contribution in [1.29, 1.82) is 0 Å². The molecule has 0 aliphatic rings. The van der Waals surface area contributed by atoms with Crippen molar-refractivity contribution in [3.8, 4) is 11.1 Å². The average Bonchev–Trinajstić information content (AvgIpc) is 2.75. The number of benzene rings is 2. The first-order valence-corrected chi connectivity index (χ1v) is 9.84. The first-order chi connectivity index (χ1) is 14.4. The summed E-state index contributed by atoms with van der Waals surface area (Å²) >= 11 is 0. The lowest BCUT2D eigenvalue weighted by Crippen LogP contribution is -2.25. The van der Waals surface area contributed by atoms with Gasteiger partial charge in [0.25, 0.3) is 11.8 Å². The minimum atomic E-state index is -0.448. The molecular formula is C24H24FN3O2. The highest BCUT2D eigenvalue weighted by Crippen LogP contribution is 2.24. The van der Waals surface area contributed by atoms with Crippen LogP contribution in [0.4, 0.5) is 10.2 Å². The van der Waals surface area contributed by atoms with E-state index in [9.17, 15) is 14.0 Å². The second kappa shape index (κ2) is 9.78. The number of hydrogen-bond donors (Lipinski definition) is 2. The zero-order chi connectivity index (χ0) is 21.5. The van der Waals surface area contributed by atoms with Gasteiger partial charge >= 0.3 is 0 Å². The molecule has 0 radical (unpaired) electrons. The quantitative estimate of drug-likeness (QED) is 0.586. The fourth-order valence-electron chi connectivity index (χ4n) is 2.87. The van der Waals surface area contributed by atoms with Crippen LogP contribution in [0.15, 0.2) is 66.9 Å². The van der Waals surface area contributed by atoms with Crippen molar-refractivity contribution in [2.24, 2.45) is 5.92 Å². The number of carbonyl (C=O) groups excluding carboxylic acids is 2. The lowest BCUT2D eigenvalue weighted by atomic mass is 10.0. The molecule has 6 heteroatoms. The molecule has 0 unspecified atom stereocenters. The average molecular weight is 405 g/mol. The van der Waals surface area contributed by atoms with E-state index in [1.165, 1.54) is 24.4 Å². The summed E-state index contributed by atoms with van der Waals surface area (Å²) in [4.78, 5) is 28.8. The Labute approximate surface area is 175 Å². The summed E-state index contributed by atoms with van der Waals surface area (Å²) in [7, 11) is 0. The van der Waals surface area contributed by atoms with E-state index in [2.05, 4.69) is 29.5 Å². The van der Waals surface area contributed by atoms with Crippen LogP contribution in [0, 0.1) is 11.7 Å². The van der Waals surface area contributed by atoms with Gasteiger partial charge in [-0.2, -0.15) is 0 Å². The zero-order valence-corrected chi connectivity index (χ0v) is 17.0. The van der Waals surface area contributed by atoms with Crippen LogP contribution >= 0.6 is 0 Å². The molecule has 5 nitrogen and oxygen atoms in total. The molecule has 0 saturated carbocycles. The number of nitrogens with zero attached hydrogens (tertiary/aromatic N) is 1. The molecule has 0 saturated heterocycles. The molecule has 2 N–H and O–H groups in total. The Hall–Kier alpha value is -3.54. The Kier molecular flexibility index (Phi) is 6.91. The molecule has 1 aromatic heterocycles. The summed E-state index contributed by atoms with van der Waals surface area (Å²) < 4.78 is 14.4. The van der Waals surface area contributed by atoms with E-state index in [1.807, 2.05) is 6.07 Å². The SMILES string of the molecule is CC(C)CCNC(=O)c1ccc(F)c(-c2ccc(NC(=O)c3ccccc3)nc2)c1. The molecule has 0 spiro atoms. The summed E-state index contributed by atoms with van der Waals surface area (Å²) in [5, 5.41) is 5.56. The van der Waals surface area contributed by atoms with Gasteiger partial charge in [-0.3, -0.25) is 9.59 Å². The van der Waals surface area contributed by atoms with Gasteiger partial charge in [0.15, 0.2) is 0 Å². The highest BCUT2D eigenvalue weighted by molar-refractivity contribution is 6.03.